The largest absolute Gasteiger partial charge is 0.379 e. The molecule has 0 radical (unpaired) electrons. The molecule has 10 heteroatoms. The molecule has 3 aliphatic rings. The second-order valence-corrected chi connectivity index (χ2v) is 15.3. The molecule has 1 aliphatic carbocycles. The molecule has 0 aromatic rings. The maximum Gasteiger partial charge on any atom is 0.226 e. The Morgan fingerprint density at radius 2 is 1.68 bits per heavy atom. The number of carbonyl (C=O) groups excluding carboxylic acids is 4. The van der Waals surface area contributed by atoms with Crippen molar-refractivity contribution in [2.75, 3.05) is 40.9 Å². The first kappa shape index (κ1) is 41.6. The summed E-state index contributed by atoms with van der Waals surface area (Å²) in [5.41, 5.74) is -0.588. The Balaban J connectivity index is 1.70. The van der Waals surface area contributed by atoms with E-state index in [1.54, 1.807) is 26.2 Å². The average molecular weight is 699 g/mol. The van der Waals surface area contributed by atoms with Gasteiger partial charge in [0, 0.05) is 46.7 Å². The summed E-state index contributed by atoms with van der Waals surface area (Å²) >= 11 is 0. The van der Waals surface area contributed by atoms with Crippen molar-refractivity contribution in [2.45, 2.75) is 123 Å². The number of methoxy groups -OCH3 is 2. The number of carbonyl (C=O) groups is 4. The van der Waals surface area contributed by atoms with Gasteiger partial charge in [0.25, 0.3) is 0 Å². The lowest BCUT2D eigenvalue weighted by Gasteiger charge is -2.41. The van der Waals surface area contributed by atoms with Crippen molar-refractivity contribution in [1.82, 2.24) is 20.4 Å². The van der Waals surface area contributed by atoms with Crippen LogP contribution in [0.5, 0.6) is 0 Å². The van der Waals surface area contributed by atoms with E-state index in [-0.39, 0.29) is 66.2 Å². The number of likely N-dealkylation sites (tertiary alicyclic amines) is 1. The van der Waals surface area contributed by atoms with Gasteiger partial charge >= 0.3 is 0 Å². The molecule has 0 saturated carbocycles. The van der Waals surface area contributed by atoms with Crippen LogP contribution in [0.4, 0.5) is 0 Å². The van der Waals surface area contributed by atoms with Crippen LogP contribution in [0.2, 0.25) is 0 Å². The molecule has 0 unspecified atom stereocenters. The molecule has 0 spiro atoms. The van der Waals surface area contributed by atoms with Crippen molar-refractivity contribution in [2.24, 2.45) is 29.6 Å². The fraction of sp³-hybridized carbons (Fsp3) is 0.750. The molecule has 2 aliphatic heterocycles. The molecule has 2 fully saturated rings. The van der Waals surface area contributed by atoms with Gasteiger partial charge in [-0.3, -0.25) is 19.2 Å². The lowest BCUT2D eigenvalue weighted by molar-refractivity contribution is -0.149. The van der Waals surface area contributed by atoms with E-state index in [1.165, 1.54) is 0 Å². The molecular formula is C40H66N4O6. The Kier molecular flexibility index (Phi) is 16.4. The fourth-order valence-electron chi connectivity index (χ4n) is 8.06. The highest BCUT2D eigenvalue weighted by atomic mass is 16.5. The minimum Gasteiger partial charge on any atom is -0.379 e. The van der Waals surface area contributed by atoms with Crippen molar-refractivity contribution >= 4 is 23.5 Å². The summed E-state index contributed by atoms with van der Waals surface area (Å²) in [6.07, 6.45) is 16.5. The highest BCUT2D eigenvalue weighted by Gasteiger charge is 2.44. The van der Waals surface area contributed by atoms with Gasteiger partial charge in [0.1, 0.15) is 0 Å². The van der Waals surface area contributed by atoms with E-state index < -0.39 is 29.6 Å². The number of ketones is 1. The number of nitrogens with zero attached hydrogens (tertiary/aromatic N) is 2. The summed E-state index contributed by atoms with van der Waals surface area (Å²) in [5, 5.41) is 6.43. The van der Waals surface area contributed by atoms with Crippen LogP contribution in [0.1, 0.15) is 92.9 Å². The lowest BCUT2D eigenvalue weighted by Crippen LogP contribution is -2.54. The van der Waals surface area contributed by atoms with E-state index in [4.69, 9.17) is 9.47 Å². The number of rotatable bonds is 19. The standard InChI is InChI=1S/C40H66N4O6/c1-10-28(4)36(43(7)39(48)31(27(2)3)25-34(45)40(6)21-16-22-42-40)33(49-8)26-35(46)44-24-15-19-32(44)37(50-9)29(5)38(47)41-23-20-30-17-13-11-12-14-18-30/h11-14,17-18,27-33,36-37,42H,10,15-16,19-26H2,1-9H3,(H,41,47)/t28-,29+,31-,32-,33+,36-,37+,40-/m0/s1. The molecule has 3 amide bonds. The van der Waals surface area contributed by atoms with Gasteiger partial charge < -0.3 is 29.9 Å². The maximum absolute atomic E-state index is 14.2. The first-order valence-corrected chi connectivity index (χ1v) is 19.0. The molecule has 50 heavy (non-hydrogen) atoms. The molecule has 0 aromatic carbocycles. The zero-order valence-electron chi connectivity index (χ0n) is 32.3. The number of allylic oxidation sites excluding steroid dienone is 6. The predicted molar refractivity (Wildman–Crippen MR) is 198 cm³/mol. The molecule has 3 rings (SSSR count). The average Bonchev–Trinajstić information content (AvgIpc) is 3.69. The highest BCUT2D eigenvalue weighted by Crippen LogP contribution is 2.32. The predicted octanol–water partition coefficient (Wildman–Crippen LogP) is 5.08. The Hall–Kier alpha value is -2.82. The summed E-state index contributed by atoms with van der Waals surface area (Å²) in [7, 11) is 5.01. The second-order valence-electron chi connectivity index (χ2n) is 15.3. The Morgan fingerprint density at radius 3 is 2.24 bits per heavy atom. The zero-order chi connectivity index (χ0) is 37.0. The van der Waals surface area contributed by atoms with E-state index in [1.807, 2.05) is 56.9 Å². The van der Waals surface area contributed by atoms with Crippen LogP contribution in [0.25, 0.3) is 0 Å². The van der Waals surface area contributed by atoms with Crippen molar-refractivity contribution in [3.63, 3.8) is 0 Å². The second kappa shape index (κ2) is 19.7. The minimum absolute atomic E-state index is 0.0302. The maximum atomic E-state index is 14.2. The van der Waals surface area contributed by atoms with E-state index in [0.717, 1.165) is 45.1 Å². The van der Waals surface area contributed by atoms with Gasteiger partial charge in [0.2, 0.25) is 17.7 Å². The highest BCUT2D eigenvalue weighted by molar-refractivity contribution is 5.92. The van der Waals surface area contributed by atoms with Crippen LogP contribution >= 0.6 is 0 Å². The van der Waals surface area contributed by atoms with E-state index >= 15 is 0 Å². The molecule has 0 bridgehead atoms. The van der Waals surface area contributed by atoms with Crippen LogP contribution < -0.4 is 10.6 Å². The normalized spacial score (nSPS) is 24.4. The number of hydrogen-bond donors (Lipinski definition) is 2. The van der Waals surface area contributed by atoms with Crippen LogP contribution in [0.15, 0.2) is 36.5 Å². The quantitative estimate of drug-likeness (QED) is 0.193. The smallest absolute Gasteiger partial charge is 0.226 e. The monoisotopic (exact) mass is 698 g/mol. The molecule has 10 nitrogen and oxygen atoms in total. The van der Waals surface area contributed by atoms with Crippen LogP contribution in [0, 0.1) is 29.6 Å². The molecule has 2 heterocycles. The SMILES string of the molecule is CC[C@H](C)[C@@H]([C@@H](CC(=O)N1CCC[C@H]1[C@H](OC)[C@@H](C)C(=O)NCCC1C=CC=CC=C1)OC)N(C)C(=O)[C@@H](CC(=O)[C@]1(C)CCCN1)C(C)C. The van der Waals surface area contributed by atoms with Crippen molar-refractivity contribution in [3.05, 3.63) is 36.5 Å². The van der Waals surface area contributed by atoms with Crippen LogP contribution in [-0.2, 0) is 28.7 Å². The molecule has 2 saturated heterocycles. The first-order valence-electron chi connectivity index (χ1n) is 19.0. The van der Waals surface area contributed by atoms with Gasteiger partial charge in [0.05, 0.1) is 42.2 Å². The van der Waals surface area contributed by atoms with E-state index in [2.05, 4.69) is 36.6 Å². The summed E-state index contributed by atoms with van der Waals surface area (Å²) < 4.78 is 12.0. The minimum atomic E-state index is -0.588. The molecule has 0 aromatic heterocycles. The summed E-state index contributed by atoms with van der Waals surface area (Å²) in [5.74, 6) is -0.804. The van der Waals surface area contributed by atoms with Gasteiger partial charge in [-0.05, 0) is 63.3 Å². The van der Waals surface area contributed by atoms with Crippen molar-refractivity contribution in [1.29, 1.82) is 0 Å². The van der Waals surface area contributed by atoms with E-state index in [9.17, 15) is 19.2 Å². The summed E-state index contributed by atoms with van der Waals surface area (Å²) in [6.45, 7) is 13.9. The third-order valence-corrected chi connectivity index (χ3v) is 11.6. The van der Waals surface area contributed by atoms with Gasteiger partial charge in [0.15, 0.2) is 5.78 Å². The number of ether oxygens (including phenoxy) is 2. The molecular weight excluding hydrogens is 632 g/mol. The number of hydrogen-bond acceptors (Lipinski definition) is 7. The topological polar surface area (TPSA) is 117 Å². The number of amides is 3. The third kappa shape index (κ3) is 10.6. The number of likely N-dealkylation sites (N-methyl/N-ethyl adjacent to an activating group) is 1. The Morgan fingerprint density at radius 1 is 1.00 bits per heavy atom. The van der Waals surface area contributed by atoms with E-state index in [0.29, 0.717) is 13.1 Å². The van der Waals surface area contributed by atoms with Gasteiger partial charge in [-0.2, -0.15) is 0 Å². The molecule has 282 valence electrons. The van der Waals surface area contributed by atoms with Crippen LogP contribution in [-0.4, -0.2) is 104 Å². The third-order valence-electron chi connectivity index (χ3n) is 11.6. The van der Waals surface area contributed by atoms with Gasteiger partial charge in [-0.1, -0.05) is 77.5 Å². The van der Waals surface area contributed by atoms with Crippen molar-refractivity contribution < 1.29 is 28.7 Å². The summed E-state index contributed by atoms with van der Waals surface area (Å²) in [6, 6.07) is -0.608. The first-order chi connectivity index (χ1) is 23.8. The summed E-state index contributed by atoms with van der Waals surface area (Å²) in [4.78, 5) is 58.6. The fourth-order valence-corrected chi connectivity index (χ4v) is 8.06. The van der Waals surface area contributed by atoms with Crippen molar-refractivity contribution in [3.8, 4) is 0 Å². The lowest BCUT2D eigenvalue weighted by atomic mass is 9.82. The van der Waals surface area contributed by atoms with Gasteiger partial charge in [-0.15, -0.1) is 0 Å². The Bertz CT molecular complexity index is 1210. The van der Waals surface area contributed by atoms with Crippen LogP contribution in [0.3, 0.4) is 0 Å². The molecule has 8 atom stereocenters. The molecule has 2 N–H and O–H groups in total. The zero-order valence-corrected chi connectivity index (χ0v) is 32.3. The Labute approximate surface area is 301 Å². The van der Waals surface area contributed by atoms with Gasteiger partial charge in [-0.25, -0.2) is 0 Å². The number of nitrogens with one attached hydrogen (secondary N) is 2. The number of Topliss-reactive ketones (excluding diaryl/α,β-unsaturated/α-hetero) is 1.